The molecule has 0 aliphatic heterocycles. The Hall–Kier alpha value is -2.01. The van der Waals surface area contributed by atoms with Crippen LogP contribution in [-0.4, -0.2) is 28.0 Å². The van der Waals surface area contributed by atoms with E-state index in [2.05, 4.69) is 10.0 Å². The fourth-order valence-electron chi connectivity index (χ4n) is 2.26. The normalized spacial score (nSPS) is 11.9. The zero-order valence-corrected chi connectivity index (χ0v) is 17.1. The molecular weight excluding hydrogens is 456 g/mol. The van der Waals surface area contributed by atoms with Crippen molar-refractivity contribution in [3.05, 3.63) is 52.0 Å². The summed E-state index contributed by atoms with van der Waals surface area (Å²) in [5.41, 5.74) is -0.979. The van der Waals surface area contributed by atoms with Crippen molar-refractivity contribution >= 4 is 44.8 Å². The van der Waals surface area contributed by atoms with E-state index in [1.54, 1.807) is 12.1 Å². The van der Waals surface area contributed by atoms with E-state index >= 15 is 0 Å². The predicted octanol–water partition coefficient (Wildman–Crippen LogP) is 4.33. The molecule has 0 radical (unpaired) electrons. The summed E-state index contributed by atoms with van der Waals surface area (Å²) in [4.78, 5) is 11.4. The molecule has 1 amide bonds. The Morgan fingerprint density at radius 1 is 1.14 bits per heavy atom. The summed E-state index contributed by atoms with van der Waals surface area (Å²) in [5.74, 6) is -0.204. The number of rotatable bonds is 7. The number of anilines is 1. The summed E-state index contributed by atoms with van der Waals surface area (Å²) < 4.78 is 70.3. The highest BCUT2D eigenvalue weighted by Gasteiger charge is 2.34. The van der Waals surface area contributed by atoms with Gasteiger partial charge in [-0.1, -0.05) is 23.2 Å². The van der Waals surface area contributed by atoms with Gasteiger partial charge >= 0.3 is 6.18 Å². The SMILES string of the molecule is COc1ccc(Cl)cc1NC(=O)CCNS(=O)(=O)c1ccc(Cl)c(C(F)(F)F)c1. The summed E-state index contributed by atoms with van der Waals surface area (Å²) in [7, 11) is -2.89. The smallest absolute Gasteiger partial charge is 0.417 e. The van der Waals surface area contributed by atoms with Crippen LogP contribution in [0.25, 0.3) is 0 Å². The van der Waals surface area contributed by atoms with Gasteiger partial charge in [0.05, 0.1) is 28.3 Å². The number of benzene rings is 2. The van der Waals surface area contributed by atoms with Crippen LogP contribution in [-0.2, 0) is 21.0 Å². The number of hydrogen-bond donors (Lipinski definition) is 2. The monoisotopic (exact) mass is 470 g/mol. The number of halogens is 5. The second kappa shape index (κ2) is 9.21. The number of carbonyl (C=O) groups is 1. The van der Waals surface area contributed by atoms with Crippen LogP contribution in [0.2, 0.25) is 10.0 Å². The molecule has 0 aliphatic rings. The largest absolute Gasteiger partial charge is 0.495 e. The molecule has 2 N–H and O–H groups in total. The van der Waals surface area contributed by atoms with E-state index in [-0.39, 0.29) is 13.0 Å². The zero-order valence-electron chi connectivity index (χ0n) is 14.8. The number of carbonyl (C=O) groups excluding carboxylic acids is 1. The lowest BCUT2D eigenvalue weighted by molar-refractivity contribution is -0.137. The summed E-state index contributed by atoms with van der Waals surface area (Å²) in [5, 5.41) is 2.25. The average Bonchev–Trinajstić information content (AvgIpc) is 2.61. The first-order chi connectivity index (χ1) is 13.4. The Bertz CT molecular complexity index is 1010. The van der Waals surface area contributed by atoms with E-state index in [1.165, 1.54) is 13.2 Å². The van der Waals surface area contributed by atoms with Crippen molar-refractivity contribution in [1.29, 1.82) is 0 Å². The topological polar surface area (TPSA) is 84.5 Å². The maximum atomic E-state index is 12.9. The van der Waals surface area contributed by atoms with Gasteiger partial charge in [0.2, 0.25) is 15.9 Å². The van der Waals surface area contributed by atoms with Crippen molar-refractivity contribution < 1.29 is 31.1 Å². The third kappa shape index (κ3) is 6.23. The van der Waals surface area contributed by atoms with Gasteiger partial charge in [0.1, 0.15) is 5.75 Å². The molecule has 0 saturated heterocycles. The second-order valence-corrected chi connectivity index (χ2v) is 8.29. The number of nitrogens with one attached hydrogen (secondary N) is 2. The van der Waals surface area contributed by atoms with E-state index in [0.717, 1.165) is 12.1 Å². The number of hydrogen-bond acceptors (Lipinski definition) is 4. The maximum Gasteiger partial charge on any atom is 0.417 e. The molecule has 0 fully saturated rings. The van der Waals surface area contributed by atoms with Crippen molar-refractivity contribution in [3.8, 4) is 5.75 Å². The van der Waals surface area contributed by atoms with Gasteiger partial charge in [-0.05, 0) is 36.4 Å². The van der Waals surface area contributed by atoms with Crippen LogP contribution in [0, 0.1) is 0 Å². The molecule has 0 bridgehead atoms. The molecule has 6 nitrogen and oxygen atoms in total. The van der Waals surface area contributed by atoms with Crippen LogP contribution in [0.3, 0.4) is 0 Å². The highest BCUT2D eigenvalue weighted by molar-refractivity contribution is 7.89. The van der Waals surface area contributed by atoms with Crippen molar-refractivity contribution in [2.24, 2.45) is 0 Å². The van der Waals surface area contributed by atoms with Crippen LogP contribution < -0.4 is 14.8 Å². The Labute approximate surface area is 175 Å². The number of amides is 1. The van der Waals surface area contributed by atoms with Gasteiger partial charge < -0.3 is 10.1 Å². The van der Waals surface area contributed by atoms with Gasteiger partial charge in [-0.15, -0.1) is 0 Å². The van der Waals surface area contributed by atoms with E-state index in [1.807, 2.05) is 0 Å². The lowest BCUT2D eigenvalue weighted by atomic mass is 10.2. The third-order valence-corrected chi connectivity index (χ3v) is 5.66. The molecule has 0 aliphatic carbocycles. The highest BCUT2D eigenvalue weighted by Crippen LogP contribution is 2.35. The van der Waals surface area contributed by atoms with Crippen molar-refractivity contribution in [3.63, 3.8) is 0 Å². The Morgan fingerprint density at radius 3 is 2.45 bits per heavy atom. The highest BCUT2D eigenvalue weighted by atomic mass is 35.5. The quantitative estimate of drug-likeness (QED) is 0.630. The zero-order chi connectivity index (χ0) is 21.8. The van der Waals surface area contributed by atoms with Crippen molar-refractivity contribution in [2.45, 2.75) is 17.5 Å². The standard InChI is InChI=1S/C17H15Cl2F3N2O4S/c1-28-15-5-2-10(18)8-14(15)24-16(25)6-7-23-29(26,27)11-3-4-13(19)12(9-11)17(20,21)22/h2-5,8-9,23H,6-7H2,1H3,(H,24,25). The maximum absolute atomic E-state index is 12.9. The summed E-state index contributed by atoms with van der Waals surface area (Å²) in [6.07, 6.45) is -5.09. The van der Waals surface area contributed by atoms with Gasteiger partial charge in [0.25, 0.3) is 0 Å². The Balaban J connectivity index is 2.03. The molecule has 0 atom stereocenters. The molecule has 29 heavy (non-hydrogen) atoms. The molecule has 2 rings (SSSR count). The van der Waals surface area contributed by atoms with Crippen LogP contribution in [0.15, 0.2) is 41.3 Å². The molecular formula is C17H15Cl2F3N2O4S. The van der Waals surface area contributed by atoms with Crippen LogP contribution >= 0.6 is 23.2 Å². The van der Waals surface area contributed by atoms with Gasteiger partial charge in [-0.3, -0.25) is 4.79 Å². The molecule has 12 heteroatoms. The Kier molecular flexibility index (Phi) is 7.39. The summed E-state index contributed by atoms with van der Waals surface area (Å²) >= 11 is 11.3. The summed E-state index contributed by atoms with van der Waals surface area (Å²) in [6.45, 7) is -0.346. The minimum Gasteiger partial charge on any atom is -0.495 e. The fourth-order valence-corrected chi connectivity index (χ4v) is 3.72. The molecule has 0 unspecified atom stereocenters. The molecule has 0 saturated carbocycles. The molecule has 158 valence electrons. The van der Waals surface area contributed by atoms with Gasteiger partial charge in [0.15, 0.2) is 0 Å². The first kappa shape index (κ1) is 23.3. The average molecular weight is 471 g/mol. The van der Waals surface area contributed by atoms with Gasteiger partial charge in [-0.2, -0.15) is 13.2 Å². The summed E-state index contributed by atoms with van der Waals surface area (Å²) in [6, 6.07) is 6.77. The fraction of sp³-hybridized carbons (Fsp3) is 0.235. The number of sulfonamides is 1. The van der Waals surface area contributed by atoms with E-state index < -0.39 is 37.6 Å². The van der Waals surface area contributed by atoms with Crippen molar-refractivity contribution in [2.75, 3.05) is 19.0 Å². The minimum atomic E-state index is -4.81. The molecule has 0 aromatic heterocycles. The lowest BCUT2D eigenvalue weighted by Gasteiger charge is -2.12. The number of methoxy groups -OCH3 is 1. The van der Waals surface area contributed by atoms with Crippen LogP contribution in [0.4, 0.5) is 18.9 Å². The lowest BCUT2D eigenvalue weighted by Crippen LogP contribution is -2.28. The first-order valence-corrected chi connectivity index (χ1v) is 10.2. The first-order valence-electron chi connectivity index (χ1n) is 7.94. The number of alkyl halides is 3. The third-order valence-electron chi connectivity index (χ3n) is 3.63. The van der Waals surface area contributed by atoms with E-state index in [9.17, 15) is 26.4 Å². The molecule has 2 aromatic carbocycles. The van der Waals surface area contributed by atoms with Crippen LogP contribution in [0.1, 0.15) is 12.0 Å². The minimum absolute atomic E-state index is 0.283. The molecule has 2 aromatic rings. The number of ether oxygens (including phenoxy) is 1. The second-order valence-electron chi connectivity index (χ2n) is 5.68. The van der Waals surface area contributed by atoms with Gasteiger partial charge in [-0.25, -0.2) is 13.1 Å². The Morgan fingerprint density at radius 2 is 1.83 bits per heavy atom. The van der Waals surface area contributed by atoms with E-state index in [4.69, 9.17) is 27.9 Å². The van der Waals surface area contributed by atoms with Crippen LogP contribution in [0.5, 0.6) is 5.75 Å². The molecule has 0 heterocycles. The van der Waals surface area contributed by atoms with E-state index in [0.29, 0.717) is 22.5 Å². The van der Waals surface area contributed by atoms with Gasteiger partial charge in [0, 0.05) is 18.0 Å². The molecule has 0 spiro atoms. The van der Waals surface area contributed by atoms with Crippen molar-refractivity contribution in [1.82, 2.24) is 4.72 Å². The predicted molar refractivity (Wildman–Crippen MR) is 103 cm³/mol.